The fraction of sp³-hybridized carbons (Fsp3) is 0.333. The number of benzene rings is 1. The van der Waals surface area contributed by atoms with Crippen molar-refractivity contribution in [3.05, 3.63) is 29.8 Å². The maximum atomic E-state index is 5.53. The summed E-state index contributed by atoms with van der Waals surface area (Å²) in [5.74, 6) is 1.00. The number of hydrogen-bond acceptors (Lipinski definition) is 2. The number of nitrogens with two attached hydrogens (primary N) is 1. The van der Waals surface area contributed by atoms with Crippen molar-refractivity contribution in [2.45, 2.75) is 12.5 Å². The van der Waals surface area contributed by atoms with E-state index in [1.165, 1.54) is 5.56 Å². The summed E-state index contributed by atoms with van der Waals surface area (Å²) in [6.07, 6.45) is 1.17. The van der Waals surface area contributed by atoms with Crippen molar-refractivity contribution in [2.75, 3.05) is 6.54 Å². The number of para-hydroxylation sites is 1. The largest absolute Gasteiger partial charge is 0.488 e. The quantitative estimate of drug-likeness (QED) is 0.645. The zero-order valence-corrected chi connectivity index (χ0v) is 6.29. The fourth-order valence-electron chi connectivity index (χ4n) is 1.39. The van der Waals surface area contributed by atoms with Gasteiger partial charge in [-0.1, -0.05) is 18.2 Å². The smallest absolute Gasteiger partial charge is 0.123 e. The lowest BCUT2D eigenvalue weighted by atomic mass is 10.1. The van der Waals surface area contributed by atoms with Crippen LogP contribution < -0.4 is 10.5 Å². The third-order valence-corrected chi connectivity index (χ3v) is 1.98. The van der Waals surface area contributed by atoms with E-state index in [1.807, 2.05) is 18.2 Å². The van der Waals surface area contributed by atoms with Crippen LogP contribution >= 0.6 is 0 Å². The van der Waals surface area contributed by atoms with Gasteiger partial charge in [0.1, 0.15) is 11.9 Å². The van der Waals surface area contributed by atoms with Crippen molar-refractivity contribution in [1.29, 1.82) is 0 Å². The average Bonchev–Trinajstić information content (AvgIpc) is 2.46. The Hall–Kier alpha value is -1.02. The van der Waals surface area contributed by atoms with Gasteiger partial charge in [-0.2, -0.15) is 0 Å². The number of ether oxygens (including phenoxy) is 1. The molecule has 2 nitrogen and oxygen atoms in total. The van der Waals surface area contributed by atoms with Gasteiger partial charge in [-0.05, 0) is 11.6 Å². The van der Waals surface area contributed by atoms with Crippen LogP contribution in [0.25, 0.3) is 0 Å². The van der Waals surface area contributed by atoms with Crippen molar-refractivity contribution in [3.8, 4) is 5.75 Å². The highest BCUT2D eigenvalue weighted by Crippen LogP contribution is 2.27. The maximum absolute atomic E-state index is 5.53. The molecule has 2 rings (SSSR count). The molecule has 1 aromatic carbocycles. The molecule has 1 aliphatic rings. The molecule has 0 aliphatic carbocycles. The Kier molecular flexibility index (Phi) is 1.55. The Morgan fingerprint density at radius 1 is 1.45 bits per heavy atom. The van der Waals surface area contributed by atoms with Crippen molar-refractivity contribution in [2.24, 2.45) is 5.73 Å². The van der Waals surface area contributed by atoms with Crippen molar-refractivity contribution in [3.63, 3.8) is 0 Å². The minimum absolute atomic E-state index is 0.201. The zero-order chi connectivity index (χ0) is 7.68. The Morgan fingerprint density at radius 2 is 2.27 bits per heavy atom. The molecule has 0 amide bonds. The van der Waals surface area contributed by atoms with Crippen LogP contribution in [0.15, 0.2) is 24.3 Å². The van der Waals surface area contributed by atoms with Crippen LogP contribution in [0.2, 0.25) is 0 Å². The summed E-state index contributed by atoms with van der Waals surface area (Å²) >= 11 is 0. The van der Waals surface area contributed by atoms with E-state index in [0.717, 1.165) is 12.2 Å². The molecule has 0 aromatic heterocycles. The van der Waals surface area contributed by atoms with E-state index in [9.17, 15) is 0 Å². The normalized spacial score (nSPS) is 21.0. The predicted molar refractivity (Wildman–Crippen MR) is 43.6 cm³/mol. The summed E-state index contributed by atoms with van der Waals surface area (Å²) in [5, 5.41) is 0. The van der Waals surface area contributed by atoms with E-state index in [2.05, 4.69) is 6.07 Å². The molecule has 0 unspecified atom stereocenters. The molecule has 0 radical (unpaired) electrons. The number of fused-ring (bicyclic) bond motifs is 1. The van der Waals surface area contributed by atoms with Gasteiger partial charge in [-0.25, -0.2) is 0 Å². The van der Waals surface area contributed by atoms with Crippen LogP contribution in [0, 0.1) is 0 Å². The summed E-state index contributed by atoms with van der Waals surface area (Å²) in [7, 11) is 0. The predicted octanol–water partition coefficient (Wildman–Crippen LogP) is 0.949. The highest BCUT2D eigenvalue weighted by atomic mass is 16.5. The molecule has 58 valence electrons. The van der Waals surface area contributed by atoms with Crippen LogP contribution in [0.5, 0.6) is 5.75 Å². The van der Waals surface area contributed by atoms with Gasteiger partial charge in [-0.15, -0.1) is 0 Å². The minimum Gasteiger partial charge on any atom is -0.488 e. The van der Waals surface area contributed by atoms with Crippen molar-refractivity contribution < 1.29 is 4.74 Å². The van der Waals surface area contributed by atoms with Gasteiger partial charge >= 0.3 is 0 Å². The van der Waals surface area contributed by atoms with E-state index >= 15 is 0 Å². The second kappa shape index (κ2) is 2.55. The van der Waals surface area contributed by atoms with Crippen molar-refractivity contribution >= 4 is 0 Å². The minimum atomic E-state index is 0.201. The van der Waals surface area contributed by atoms with Gasteiger partial charge in [0, 0.05) is 13.0 Å². The van der Waals surface area contributed by atoms with Gasteiger partial charge in [0.2, 0.25) is 0 Å². The highest BCUT2D eigenvalue weighted by molar-refractivity contribution is 5.37. The van der Waals surface area contributed by atoms with Gasteiger partial charge < -0.3 is 10.5 Å². The number of hydrogen-bond donors (Lipinski definition) is 1. The van der Waals surface area contributed by atoms with E-state index < -0.39 is 0 Å². The molecule has 0 spiro atoms. The maximum Gasteiger partial charge on any atom is 0.123 e. The fourth-order valence-corrected chi connectivity index (χ4v) is 1.39. The standard InChI is InChI=1S/C9H11NO/c10-6-8-5-7-3-1-2-4-9(7)11-8/h1-4,8H,5-6,10H2/t8-/m0/s1. The molecular weight excluding hydrogens is 138 g/mol. The van der Waals surface area contributed by atoms with Gasteiger partial charge in [-0.3, -0.25) is 0 Å². The second-order valence-electron chi connectivity index (χ2n) is 2.79. The molecule has 0 saturated carbocycles. The summed E-state index contributed by atoms with van der Waals surface area (Å²) in [5.41, 5.74) is 6.77. The van der Waals surface area contributed by atoms with Crippen LogP contribution in [-0.2, 0) is 6.42 Å². The lowest BCUT2D eigenvalue weighted by molar-refractivity contribution is 0.241. The SMILES string of the molecule is NC[C@@H]1Cc2ccccc2O1. The number of rotatable bonds is 1. The van der Waals surface area contributed by atoms with E-state index in [0.29, 0.717) is 6.54 Å². The molecule has 0 saturated heterocycles. The molecule has 0 fully saturated rings. The van der Waals surface area contributed by atoms with E-state index in [4.69, 9.17) is 10.5 Å². The first-order chi connectivity index (χ1) is 5.40. The lowest BCUT2D eigenvalue weighted by Gasteiger charge is -2.05. The highest BCUT2D eigenvalue weighted by Gasteiger charge is 2.19. The van der Waals surface area contributed by atoms with Crippen LogP contribution in [-0.4, -0.2) is 12.6 Å². The van der Waals surface area contributed by atoms with Gasteiger partial charge in [0.15, 0.2) is 0 Å². The van der Waals surface area contributed by atoms with E-state index in [1.54, 1.807) is 0 Å². The Bertz CT molecular complexity index is 234. The summed E-state index contributed by atoms with van der Waals surface area (Å²) in [6, 6.07) is 8.09. The average molecular weight is 149 g/mol. The zero-order valence-electron chi connectivity index (χ0n) is 6.29. The molecule has 1 heterocycles. The summed E-state index contributed by atoms with van der Waals surface area (Å²) in [6.45, 7) is 0.606. The third-order valence-electron chi connectivity index (χ3n) is 1.98. The first-order valence-corrected chi connectivity index (χ1v) is 3.85. The third kappa shape index (κ3) is 1.10. The first kappa shape index (κ1) is 6.68. The van der Waals surface area contributed by atoms with Gasteiger partial charge in [0.05, 0.1) is 0 Å². The molecule has 1 atom stereocenters. The molecule has 2 heteroatoms. The molecular formula is C9H11NO. The summed E-state index contributed by atoms with van der Waals surface area (Å²) < 4.78 is 5.53. The Labute approximate surface area is 66.0 Å². The molecule has 0 bridgehead atoms. The first-order valence-electron chi connectivity index (χ1n) is 3.85. The molecule has 2 N–H and O–H groups in total. The molecule has 1 aromatic rings. The van der Waals surface area contributed by atoms with Gasteiger partial charge in [0.25, 0.3) is 0 Å². The molecule has 11 heavy (non-hydrogen) atoms. The topological polar surface area (TPSA) is 35.2 Å². The Balaban J connectivity index is 2.27. The van der Waals surface area contributed by atoms with E-state index in [-0.39, 0.29) is 6.10 Å². The lowest BCUT2D eigenvalue weighted by Crippen LogP contribution is -2.24. The monoisotopic (exact) mass is 149 g/mol. The molecule has 1 aliphatic heterocycles. The van der Waals surface area contributed by atoms with Crippen LogP contribution in [0.3, 0.4) is 0 Å². The van der Waals surface area contributed by atoms with Crippen molar-refractivity contribution in [1.82, 2.24) is 0 Å². The van der Waals surface area contributed by atoms with Crippen LogP contribution in [0.1, 0.15) is 5.56 Å². The Morgan fingerprint density at radius 3 is 3.00 bits per heavy atom. The summed E-state index contributed by atoms with van der Waals surface area (Å²) in [4.78, 5) is 0. The van der Waals surface area contributed by atoms with Crippen LogP contribution in [0.4, 0.5) is 0 Å². The second-order valence-corrected chi connectivity index (χ2v) is 2.79.